The first-order valence-electron chi connectivity index (χ1n) is 9.24. The van der Waals surface area contributed by atoms with Crippen LogP contribution in [-0.4, -0.2) is 30.0 Å². The number of nitrogens with one attached hydrogen (secondary N) is 1. The second-order valence-corrected chi connectivity index (χ2v) is 7.01. The van der Waals surface area contributed by atoms with E-state index >= 15 is 0 Å². The van der Waals surface area contributed by atoms with Crippen molar-refractivity contribution in [3.05, 3.63) is 24.1 Å². The van der Waals surface area contributed by atoms with Gasteiger partial charge in [-0.3, -0.25) is 4.79 Å². The average molecular weight is 354 g/mol. The maximum Gasteiger partial charge on any atom is 0.266 e. The van der Waals surface area contributed by atoms with Crippen molar-refractivity contribution in [2.45, 2.75) is 44.6 Å². The summed E-state index contributed by atoms with van der Waals surface area (Å²) in [5.74, 6) is 1.48. The lowest BCUT2D eigenvalue weighted by molar-refractivity contribution is -0.126. The van der Waals surface area contributed by atoms with Crippen molar-refractivity contribution in [3.63, 3.8) is 0 Å². The van der Waals surface area contributed by atoms with Crippen LogP contribution in [0.5, 0.6) is 0 Å². The molecule has 1 aliphatic carbocycles. The number of hydrogen-bond donors (Lipinski definition) is 1. The zero-order chi connectivity index (χ0) is 17.9. The molecule has 0 spiro atoms. The van der Waals surface area contributed by atoms with E-state index in [1.54, 1.807) is 18.4 Å². The molecule has 0 bridgehead atoms. The third-order valence-corrected chi connectivity index (χ3v) is 5.30. The smallest absolute Gasteiger partial charge is 0.266 e. The van der Waals surface area contributed by atoms with Gasteiger partial charge in [-0.15, -0.1) is 0 Å². The lowest BCUT2D eigenvalue weighted by atomic mass is 9.95. The lowest BCUT2D eigenvalue weighted by Gasteiger charge is -2.31. The quantitative estimate of drug-likeness (QED) is 0.906. The predicted molar refractivity (Wildman–Crippen MR) is 94.3 cm³/mol. The van der Waals surface area contributed by atoms with Gasteiger partial charge in [-0.2, -0.15) is 10.2 Å². The van der Waals surface area contributed by atoms with Gasteiger partial charge in [0.15, 0.2) is 5.76 Å². The van der Waals surface area contributed by atoms with Crippen LogP contribution in [0, 0.1) is 17.2 Å². The molecule has 1 amide bonds. The van der Waals surface area contributed by atoms with Crippen molar-refractivity contribution < 1.29 is 13.6 Å². The minimum atomic E-state index is 0.0323. The van der Waals surface area contributed by atoms with E-state index in [0.29, 0.717) is 36.7 Å². The number of amides is 1. The minimum Gasteiger partial charge on any atom is -0.459 e. The second kappa shape index (κ2) is 7.24. The summed E-state index contributed by atoms with van der Waals surface area (Å²) in [6.07, 6.45) is 7.67. The zero-order valence-corrected chi connectivity index (χ0v) is 14.6. The number of hydrogen-bond acceptors (Lipinski definition) is 6. The molecule has 1 aliphatic heterocycles. The third kappa shape index (κ3) is 3.32. The molecule has 2 aromatic rings. The van der Waals surface area contributed by atoms with Gasteiger partial charge in [-0.1, -0.05) is 12.8 Å². The molecule has 1 saturated heterocycles. The van der Waals surface area contributed by atoms with Gasteiger partial charge in [0.2, 0.25) is 17.5 Å². The molecule has 136 valence electrons. The number of anilines is 1. The maximum absolute atomic E-state index is 12.4. The monoisotopic (exact) mass is 354 g/mol. The van der Waals surface area contributed by atoms with E-state index in [1.165, 1.54) is 12.8 Å². The van der Waals surface area contributed by atoms with Crippen LogP contribution < -0.4 is 10.2 Å². The summed E-state index contributed by atoms with van der Waals surface area (Å²) in [4.78, 5) is 18.7. The van der Waals surface area contributed by atoms with Crippen LogP contribution in [0.3, 0.4) is 0 Å². The number of carbonyl (C=O) groups is 1. The van der Waals surface area contributed by atoms with Crippen LogP contribution in [0.4, 0.5) is 5.88 Å². The molecule has 7 heteroatoms. The molecule has 7 nitrogen and oxygen atoms in total. The van der Waals surface area contributed by atoms with Gasteiger partial charge in [0.1, 0.15) is 6.07 Å². The summed E-state index contributed by atoms with van der Waals surface area (Å²) in [5, 5.41) is 12.6. The van der Waals surface area contributed by atoms with E-state index in [4.69, 9.17) is 8.83 Å². The first-order valence-corrected chi connectivity index (χ1v) is 9.24. The Balaban J connectivity index is 1.40. The van der Waals surface area contributed by atoms with Crippen LogP contribution in [0.2, 0.25) is 0 Å². The summed E-state index contributed by atoms with van der Waals surface area (Å²) in [6, 6.07) is 5.94. The largest absolute Gasteiger partial charge is 0.459 e. The molecule has 2 aliphatic rings. The van der Waals surface area contributed by atoms with E-state index < -0.39 is 0 Å². The highest BCUT2D eigenvalue weighted by molar-refractivity contribution is 5.79. The number of nitriles is 1. The summed E-state index contributed by atoms with van der Waals surface area (Å²) >= 11 is 0. The Kier molecular flexibility index (Phi) is 4.65. The van der Waals surface area contributed by atoms with E-state index in [0.717, 1.165) is 25.7 Å². The summed E-state index contributed by atoms with van der Waals surface area (Å²) < 4.78 is 11.1. The Morgan fingerprint density at radius 1 is 1.27 bits per heavy atom. The van der Waals surface area contributed by atoms with Crippen molar-refractivity contribution in [2.75, 3.05) is 18.0 Å². The molecule has 0 radical (unpaired) electrons. The minimum absolute atomic E-state index is 0.0323. The molecule has 3 heterocycles. The predicted octanol–water partition coefficient (Wildman–Crippen LogP) is 3.08. The molecule has 2 fully saturated rings. The molecule has 2 aromatic heterocycles. The highest BCUT2D eigenvalue weighted by atomic mass is 16.4. The maximum atomic E-state index is 12.4. The van der Waals surface area contributed by atoms with Gasteiger partial charge in [-0.25, -0.2) is 0 Å². The molecule has 1 N–H and O–H groups in total. The van der Waals surface area contributed by atoms with Crippen LogP contribution in [0.15, 0.2) is 27.2 Å². The molecule has 1 saturated carbocycles. The third-order valence-electron chi connectivity index (χ3n) is 5.30. The van der Waals surface area contributed by atoms with Crippen molar-refractivity contribution in [3.8, 4) is 17.7 Å². The standard InChI is InChI=1S/C19H22N4O3/c20-12-15-19(26-18(22-15)16-6-3-11-25-16)23-9-7-13(8-10-23)17(24)21-14-4-1-2-5-14/h3,6,11,13-14H,1-2,4-5,7-10H2,(H,21,24). The first-order chi connectivity index (χ1) is 12.7. The normalized spacial score (nSPS) is 18.8. The van der Waals surface area contributed by atoms with Gasteiger partial charge >= 0.3 is 0 Å². The average Bonchev–Trinajstić information content (AvgIpc) is 3.42. The molecule has 26 heavy (non-hydrogen) atoms. The lowest BCUT2D eigenvalue weighted by Crippen LogP contribution is -2.43. The van der Waals surface area contributed by atoms with Crippen LogP contribution in [0.25, 0.3) is 11.7 Å². The van der Waals surface area contributed by atoms with E-state index in [-0.39, 0.29) is 17.5 Å². The number of oxazole rings is 1. The summed E-state index contributed by atoms with van der Waals surface area (Å²) in [5.41, 5.74) is 0.255. The fourth-order valence-electron chi connectivity index (χ4n) is 3.84. The molecule has 4 rings (SSSR count). The van der Waals surface area contributed by atoms with Crippen molar-refractivity contribution in [1.29, 1.82) is 5.26 Å². The van der Waals surface area contributed by atoms with Gasteiger partial charge in [-0.05, 0) is 37.8 Å². The van der Waals surface area contributed by atoms with E-state index in [1.807, 2.05) is 4.90 Å². The van der Waals surface area contributed by atoms with Crippen molar-refractivity contribution >= 4 is 11.8 Å². The Morgan fingerprint density at radius 2 is 2.04 bits per heavy atom. The second-order valence-electron chi connectivity index (χ2n) is 7.01. The molecular formula is C19H22N4O3. The Bertz CT molecular complexity index is 791. The van der Waals surface area contributed by atoms with Gasteiger partial charge in [0.05, 0.1) is 6.26 Å². The van der Waals surface area contributed by atoms with Gasteiger partial charge < -0.3 is 19.1 Å². The zero-order valence-electron chi connectivity index (χ0n) is 14.6. The van der Waals surface area contributed by atoms with Crippen LogP contribution >= 0.6 is 0 Å². The van der Waals surface area contributed by atoms with Crippen LogP contribution in [-0.2, 0) is 4.79 Å². The van der Waals surface area contributed by atoms with E-state index in [9.17, 15) is 10.1 Å². The van der Waals surface area contributed by atoms with Crippen LogP contribution in [0.1, 0.15) is 44.2 Å². The molecule has 0 aromatic carbocycles. The topological polar surface area (TPSA) is 95.3 Å². The highest BCUT2D eigenvalue weighted by Crippen LogP contribution is 2.31. The molecule has 0 atom stereocenters. The first kappa shape index (κ1) is 16.7. The number of aromatic nitrogens is 1. The Hall–Kier alpha value is -2.75. The summed E-state index contributed by atoms with van der Waals surface area (Å²) in [7, 11) is 0. The Labute approximate surface area is 152 Å². The Morgan fingerprint density at radius 3 is 2.69 bits per heavy atom. The highest BCUT2D eigenvalue weighted by Gasteiger charge is 2.30. The fraction of sp³-hybridized carbons (Fsp3) is 0.526. The SMILES string of the molecule is N#Cc1nc(-c2ccco2)oc1N1CCC(C(=O)NC2CCCC2)CC1. The molecule has 0 unspecified atom stereocenters. The number of nitrogens with zero attached hydrogens (tertiary/aromatic N) is 3. The number of carbonyl (C=O) groups excluding carboxylic acids is 1. The molecular weight excluding hydrogens is 332 g/mol. The van der Waals surface area contributed by atoms with Crippen molar-refractivity contribution in [2.24, 2.45) is 5.92 Å². The summed E-state index contributed by atoms with van der Waals surface area (Å²) in [6.45, 7) is 1.34. The van der Waals surface area contributed by atoms with Gasteiger partial charge in [0, 0.05) is 25.0 Å². The van der Waals surface area contributed by atoms with Crippen molar-refractivity contribution in [1.82, 2.24) is 10.3 Å². The number of piperidine rings is 1. The number of rotatable bonds is 4. The van der Waals surface area contributed by atoms with E-state index in [2.05, 4.69) is 16.4 Å². The van der Waals surface area contributed by atoms with Gasteiger partial charge in [0.25, 0.3) is 5.89 Å². The number of furan rings is 1. The fourth-order valence-corrected chi connectivity index (χ4v) is 3.84.